The van der Waals surface area contributed by atoms with Crippen molar-refractivity contribution in [2.45, 2.75) is 19.4 Å². The Morgan fingerprint density at radius 3 is 2.26 bits per heavy atom. The van der Waals surface area contributed by atoms with Crippen LogP contribution in [0.3, 0.4) is 0 Å². The summed E-state index contributed by atoms with van der Waals surface area (Å²) >= 11 is 0. The van der Waals surface area contributed by atoms with Gasteiger partial charge in [0.05, 0.1) is 11.7 Å². The van der Waals surface area contributed by atoms with Gasteiger partial charge in [0.15, 0.2) is 0 Å². The third-order valence-corrected chi connectivity index (χ3v) is 2.89. The molecule has 0 radical (unpaired) electrons. The van der Waals surface area contributed by atoms with Crippen molar-refractivity contribution < 1.29 is 18.3 Å². The largest absolute Gasteiger partial charge is 0.388 e. The zero-order valence-corrected chi connectivity index (χ0v) is 10.3. The lowest BCUT2D eigenvalue weighted by atomic mass is 9.99. The van der Waals surface area contributed by atoms with Crippen LogP contribution in [0.1, 0.15) is 22.8 Å². The summed E-state index contributed by atoms with van der Waals surface area (Å²) < 4.78 is 39.8. The van der Waals surface area contributed by atoms with Gasteiger partial charge < -0.3 is 5.11 Å². The van der Waals surface area contributed by atoms with E-state index >= 15 is 0 Å². The van der Waals surface area contributed by atoms with Crippen molar-refractivity contribution in [3.05, 3.63) is 70.5 Å². The van der Waals surface area contributed by atoms with Gasteiger partial charge in [-0.05, 0) is 12.5 Å². The highest BCUT2D eigenvalue weighted by Gasteiger charge is 2.19. The molecule has 0 saturated heterocycles. The first-order valence-electron chi connectivity index (χ1n) is 5.85. The van der Waals surface area contributed by atoms with E-state index in [1.165, 1.54) is 0 Å². The predicted molar refractivity (Wildman–Crippen MR) is 66.2 cm³/mol. The van der Waals surface area contributed by atoms with Crippen LogP contribution < -0.4 is 0 Å². The molecule has 1 atom stereocenters. The van der Waals surface area contributed by atoms with E-state index in [1.54, 1.807) is 12.1 Å². The van der Waals surface area contributed by atoms with E-state index in [0.717, 1.165) is 11.1 Å². The number of aliphatic hydroxyl groups excluding tert-OH is 1. The van der Waals surface area contributed by atoms with Crippen molar-refractivity contribution in [1.82, 2.24) is 0 Å². The normalized spacial score (nSPS) is 12.5. The molecule has 0 bridgehead atoms. The van der Waals surface area contributed by atoms with Gasteiger partial charge in [0.1, 0.15) is 17.5 Å². The Bertz CT molecular complexity index is 573. The molecule has 1 unspecified atom stereocenters. The summed E-state index contributed by atoms with van der Waals surface area (Å²) in [7, 11) is 0. The van der Waals surface area contributed by atoms with Crippen LogP contribution in [0.5, 0.6) is 0 Å². The summed E-state index contributed by atoms with van der Waals surface area (Å²) in [6, 6.07) is 8.40. The number of benzene rings is 2. The van der Waals surface area contributed by atoms with E-state index in [0.29, 0.717) is 12.1 Å². The molecule has 0 spiro atoms. The van der Waals surface area contributed by atoms with E-state index in [2.05, 4.69) is 0 Å². The molecule has 0 aliphatic carbocycles. The molecule has 1 nitrogen and oxygen atoms in total. The molecule has 2 aromatic carbocycles. The average molecular weight is 266 g/mol. The standard InChI is InChI=1S/C15H13F3O/c1-9-3-2-4-10(5-9)6-14(19)15-12(17)7-11(16)8-13(15)18/h2-5,7-8,14,19H,6H2,1H3. The fourth-order valence-electron chi connectivity index (χ4n) is 2.04. The van der Waals surface area contributed by atoms with Gasteiger partial charge in [0.2, 0.25) is 0 Å². The Balaban J connectivity index is 2.28. The van der Waals surface area contributed by atoms with Crippen molar-refractivity contribution >= 4 is 0 Å². The molecule has 0 aliphatic rings. The number of halogens is 3. The molecule has 0 saturated carbocycles. The molecule has 2 rings (SSSR count). The molecule has 0 aliphatic heterocycles. The van der Waals surface area contributed by atoms with Crippen molar-refractivity contribution in [2.24, 2.45) is 0 Å². The van der Waals surface area contributed by atoms with Gasteiger partial charge in [-0.2, -0.15) is 0 Å². The highest BCUT2D eigenvalue weighted by Crippen LogP contribution is 2.25. The summed E-state index contributed by atoms with van der Waals surface area (Å²) in [5, 5.41) is 9.91. The van der Waals surface area contributed by atoms with Gasteiger partial charge in [-0.15, -0.1) is 0 Å². The molecule has 1 N–H and O–H groups in total. The highest BCUT2D eigenvalue weighted by molar-refractivity contribution is 5.27. The second-order valence-corrected chi connectivity index (χ2v) is 4.49. The number of hydrogen-bond acceptors (Lipinski definition) is 1. The highest BCUT2D eigenvalue weighted by atomic mass is 19.1. The van der Waals surface area contributed by atoms with Crippen LogP contribution in [0.2, 0.25) is 0 Å². The van der Waals surface area contributed by atoms with Crippen molar-refractivity contribution in [1.29, 1.82) is 0 Å². The lowest BCUT2D eigenvalue weighted by molar-refractivity contribution is 0.168. The van der Waals surface area contributed by atoms with Gasteiger partial charge >= 0.3 is 0 Å². The van der Waals surface area contributed by atoms with Crippen molar-refractivity contribution in [3.63, 3.8) is 0 Å². The molecular weight excluding hydrogens is 253 g/mol. The zero-order chi connectivity index (χ0) is 14.0. The quantitative estimate of drug-likeness (QED) is 0.898. The third kappa shape index (κ3) is 3.15. The monoisotopic (exact) mass is 266 g/mol. The van der Waals surface area contributed by atoms with Crippen LogP contribution in [0.4, 0.5) is 13.2 Å². The Morgan fingerprint density at radius 1 is 1.05 bits per heavy atom. The minimum absolute atomic E-state index is 0.0706. The Morgan fingerprint density at radius 2 is 1.68 bits per heavy atom. The fraction of sp³-hybridized carbons (Fsp3) is 0.200. The second-order valence-electron chi connectivity index (χ2n) is 4.49. The van der Waals surface area contributed by atoms with Crippen LogP contribution in [-0.2, 0) is 6.42 Å². The molecule has 2 aromatic rings. The van der Waals surface area contributed by atoms with Gasteiger partial charge in [-0.25, -0.2) is 13.2 Å². The van der Waals surface area contributed by atoms with Crippen LogP contribution in [-0.4, -0.2) is 5.11 Å². The summed E-state index contributed by atoms with van der Waals surface area (Å²) in [6.45, 7) is 1.88. The molecule has 4 heteroatoms. The maximum absolute atomic E-state index is 13.5. The molecule has 0 heterocycles. The zero-order valence-electron chi connectivity index (χ0n) is 10.3. The smallest absolute Gasteiger partial charge is 0.134 e. The Labute approximate surface area is 109 Å². The predicted octanol–water partition coefficient (Wildman–Crippen LogP) is 3.69. The number of rotatable bonds is 3. The molecular formula is C15H13F3O. The fourth-order valence-corrected chi connectivity index (χ4v) is 2.04. The van der Waals surface area contributed by atoms with Crippen LogP contribution in [0, 0.1) is 24.4 Å². The summed E-state index contributed by atoms with van der Waals surface area (Å²) in [6.07, 6.45) is -1.27. The lowest BCUT2D eigenvalue weighted by Crippen LogP contribution is -2.08. The maximum Gasteiger partial charge on any atom is 0.134 e. The van der Waals surface area contributed by atoms with Crippen LogP contribution in [0.25, 0.3) is 0 Å². The third-order valence-electron chi connectivity index (χ3n) is 2.89. The minimum Gasteiger partial charge on any atom is -0.388 e. The Kier molecular flexibility index (Phi) is 3.90. The second kappa shape index (κ2) is 5.45. The summed E-state index contributed by atoms with van der Waals surface area (Å²) in [5.74, 6) is -3.14. The van der Waals surface area contributed by atoms with Gasteiger partial charge in [-0.3, -0.25) is 0 Å². The topological polar surface area (TPSA) is 20.2 Å². The number of aryl methyl sites for hydroxylation is 1. The summed E-state index contributed by atoms with van der Waals surface area (Å²) in [5.41, 5.74) is 1.25. The van der Waals surface area contributed by atoms with Gasteiger partial charge in [0, 0.05) is 18.6 Å². The summed E-state index contributed by atoms with van der Waals surface area (Å²) in [4.78, 5) is 0. The number of aliphatic hydroxyl groups is 1. The van der Waals surface area contributed by atoms with Crippen molar-refractivity contribution in [3.8, 4) is 0 Å². The lowest BCUT2D eigenvalue weighted by Gasteiger charge is -2.13. The Hall–Kier alpha value is -1.81. The first kappa shape index (κ1) is 13.6. The first-order valence-corrected chi connectivity index (χ1v) is 5.85. The van der Waals surface area contributed by atoms with E-state index in [9.17, 15) is 18.3 Å². The maximum atomic E-state index is 13.5. The van der Waals surface area contributed by atoms with Crippen LogP contribution >= 0.6 is 0 Å². The van der Waals surface area contributed by atoms with E-state index in [4.69, 9.17) is 0 Å². The average Bonchev–Trinajstić information content (AvgIpc) is 2.27. The number of hydrogen-bond donors (Lipinski definition) is 1. The minimum atomic E-state index is -1.34. The van der Waals surface area contributed by atoms with Gasteiger partial charge in [-0.1, -0.05) is 29.8 Å². The SMILES string of the molecule is Cc1cccc(CC(O)c2c(F)cc(F)cc2F)c1. The molecule has 19 heavy (non-hydrogen) atoms. The van der Waals surface area contributed by atoms with E-state index < -0.39 is 29.1 Å². The first-order chi connectivity index (χ1) is 8.97. The van der Waals surface area contributed by atoms with E-state index in [-0.39, 0.29) is 6.42 Å². The van der Waals surface area contributed by atoms with Crippen LogP contribution in [0.15, 0.2) is 36.4 Å². The molecule has 0 fully saturated rings. The molecule has 0 amide bonds. The molecule has 0 aromatic heterocycles. The van der Waals surface area contributed by atoms with E-state index in [1.807, 2.05) is 19.1 Å². The van der Waals surface area contributed by atoms with Crippen molar-refractivity contribution in [2.75, 3.05) is 0 Å². The van der Waals surface area contributed by atoms with Gasteiger partial charge in [0.25, 0.3) is 0 Å². The molecule has 100 valence electrons.